The molecule has 8 nitrogen and oxygen atoms in total. The summed E-state index contributed by atoms with van der Waals surface area (Å²) in [6, 6.07) is 8.95. The monoisotopic (exact) mass is 493 g/mol. The van der Waals surface area contributed by atoms with E-state index in [0.29, 0.717) is 51.2 Å². The summed E-state index contributed by atoms with van der Waals surface area (Å²) in [6.45, 7) is 1.14. The van der Waals surface area contributed by atoms with E-state index in [1.165, 1.54) is 16.4 Å². The Kier molecular flexibility index (Phi) is 6.68. The molecule has 0 saturated heterocycles. The zero-order valence-electron chi connectivity index (χ0n) is 17.5. The molecule has 0 spiro atoms. The van der Waals surface area contributed by atoms with E-state index in [1.807, 2.05) is 17.0 Å². The van der Waals surface area contributed by atoms with Crippen LogP contribution >= 0.6 is 35.0 Å². The molecular weight excluding hydrogens is 473 g/mol. The number of methoxy groups -OCH3 is 2. The number of ether oxygens (including phenoxy) is 2. The van der Waals surface area contributed by atoms with Crippen molar-refractivity contribution < 1.29 is 14.3 Å². The van der Waals surface area contributed by atoms with Gasteiger partial charge in [0.1, 0.15) is 0 Å². The molecule has 168 valence electrons. The van der Waals surface area contributed by atoms with Crippen LogP contribution in [0.15, 0.2) is 35.5 Å². The van der Waals surface area contributed by atoms with E-state index in [1.54, 1.807) is 32.4 Å². The van der Waals surface area contributed by atoms with Crippen LogP contribution in [0, 0.1) is 0 Å². The highest BCUT2D eigenvalue weighted by molar-refractivity contribution is 7.99. The number of rotatable bonds is 6. The number of halogens is 2. The van der Waals surface area contributed by atoms with Crippen molar-refractivity contribution in [2.75, 3.05) is 32.4 Å². The quantitative estimate of drug-likeness (QED) is 0.413. The molecular formula is C21H21Cl2N5O3S. The Hall–Kier alpha value is -2.62. The molecule has 2 aromatic carbocycles. The maximum Gasteiger partial charge on any atom is 0.233 e. The van der Waals surface area contributed by atoms with Crippen LogP contribution in [-0.2, 0) is 17.8 Å². The van der Waals surface area contributed by atoms with E-state index in [4.69, 9.17) is 38.5 Å². The van der Waals surface area contributed by atoms with Crippen LogP contribution in [-0.4, -0.2) is 52.2 Å². The van der Waals surface area contributed by atoms with E-state index < -0.39 is 0 Å². The number of aromatic nitrogens is 3. The molecule has 1 aromatic heterocycles. The zero-order chi connectivity index (χ0) is 22.8. The fourth-order valence-corrected chi connectivity index (χ4v) is 4.80. The second-order valence-corrected chi connectivity index (χ2v) is 8.92. The van der Waals surface area contributed by atoms with Gasteiger partial charge in [-0.3, -0.25) is 4.79 Å². The predicted molar refractivity (Wildman–Crippen MR) is 125 cm³/mol. The first-order valence-corrected chi connectivity index (χ1v) is 11.5. The molecule has 0 radical (unpaired) electrons. The molecule has 0 fully saturated rings. The molecule has 0 bridgehead atoms. The first-order chi connectivity index (χ1) is 15.4. The minimum Gasteiger partial charge on any atom is -0.493 e. The Bertz CT molecular complexity index is 1170. The predicted octanol–water partition coefficient (Wildman–Crippen LogP) is 3.66. The Morgan fingerprint density at radius 2 is 1.84 bits per heavy atom. The third kappa shape index (κ3) is 4.46. The van der Waals surface area contributed by atoms with Gasteiger partial charge in [0.15, 0.2) is 17.3 Å². The first kappa shape index (κ1) is 22.6. The number of nitrogens with zero attached hydrogens (tertiary/aromatic N) is 4. The van der Waals surface area contributed by atoms with Crippen LogP contribution < -0.4 is 15.3 Å². The topological polar surface area (TPSA) is 95.5 Å². The molecule has 1 aliphatic rings. The van der Waals surface area contributed by atoms with Crippen molar-refractivity contribution in [1.82, 2.24) is 19.8 Å². The van der Waals surface area contributed by atoms with Gasteiger partial charge in [-0.15, -0.1) is 10.2 Å². The lowest BCUT2D eigenvalue weighted by Crippen LogP contribution is -2.37. The van der Waals surface area contributed by atoms with Crippen molar-refractivity contribution in [3.05, 3.63) is 51.5 Å². The summed E-state index contributed by atoms with van der Waals surface area (Å²) in [5.41, 5.74) is 2.82. The lowest BCUT2D eigenvalue weighted by atomic mass is 9.99. The summed E-state index contributed by atoms with van der Waals surface area (Å²) in [7, 11) is 3.21. The molecule has 0 saturated carbocycles. The Morgan fingerprint density at radius 3 is 2.53 bits per heavy atom. The van der Waals surface area contributed by atoms with Crippen molar-refractivity contribution in [2.45, 2.75) is 18.1 Å². The smallest absolute Gasteiger partial charge is 0.233 e. The summed E-state index contributed by atoms with van der Waals surface area (Å²) >= 11 is 13.4. The second kappa shape index (κ2) is 9.48. The number of fused-ring (bicyclic) bond motifs is 1. The summed E-state index contributed by atoms with van der Waals surface area (Å²) in [4.78, 5) is 14.7. The van der Waals surface area contributed by atoms with Crippen LogP contribution in [0.25, 0.3) is 11.4 Å². The van der Waals surface area contributed by atoms with Gasteiger partial charge in [0.2, 0.25) is 11.1 Å². The summed E-state index contributed by atoms with van der Waals surface area (Å²) in [6.07, 6.45) is 0.748. The summed E-state index contributed by atoms with van der Waals surface area (Å²) in [5, 5.41) is 9.58. The Labute approximate surface area is 199 Å². The average molecular weight is 494 g/mol. The Morgan fingerprint density at radius 1 is 1.12 bits per heavy atom. The van der Waals surface area contributed by atoms with Crippen molar-refractivity contribution in [2.24, 2.45) is 0 Å². The highest BCUT2D eigenvalue weighted by atomic mass is 35.5. The number of hydrogen-bond donors (Lipinski definition) is 1. The molecule has 0 aliphatic carbocycles. The molecule has 1 aliphatic heterocycles. The number of carbonyl (C=O) groups excluding carboxylic acids is 1. The van der Waals surface area contributed by atoms with Gasteiger partial charge in [0, 0.05) is 23.7 Å². The molecule has 0 unspecified atom stereocenters. The van der Waals surface area contributed by atoms with Gasteiger partial charge in [-0.25, -0.2) is 4.68 Å². The largest absolute Gasteiger partial charge is 0.493 e. The lowest BCUT2D eigenvalue weighted by molar-refractivity contribution is -0.129. The van der Waals surface area contributed by atoms with Gasteiger partial charge in [0.25, 0.3) is 0 Å². The number of carbonyl (C=O) groups is 1. The molecule has 11 heteroatoms. The van der Waals surface area contributed by atoms with Crippen molar-refractivity contribution in [3.8, 4) is 22.9 Å². The third-order valence-corrected chi connectivity index (χ3v) is 6.71. The maximum atomic E-state index is 12.9. The lowest BCUT2D eigenvalue weighted by Gasteiger charge is -2.29. The molecule has 2 N–H and O–H groups in total. The Balaban J connectivity index is 1.43. The number of hydrogen-bond acceptors (Lipinski definition) is 7. The van der Waals surface area contributed by atoms with Gasteiger partial charge in [-0.05, 0) is 47.9 Å². The molecule has 2 heterocycles. The third-order valence-electron chi connectivity index (χ3n) is 5.23. The van der Waals surface area contributed by atoms with Crippen molar-refractivity contribution in [1.29, 1.82) is 0 Å². The highest BCUT2D eigenvalue weighted by Gasteiger charge is 2.24. The minimum absolute atomic E-state index is 0.00971. The minimum atomic E-state index is -0.00971. The first-order valence-electron chi connectivity index (χ1n) is 9.71. The summed E-state index contributed by atoms with van der Waals surface area (Å²) < 4.78 is 12.1. The van der Waals surface area contributed by atoms with E-state index in [-0.39, 0.29) is 11.7 Å². The molecule has 0 atom stereocenters. The van der Waals surface area contributed by atoms with E-state index in [9.17, 15) is 4.79 Å². The van der Waals surface area contributed by atoms with Gasteiger partial charge in [-0.1, -0.05) is 35.0 Å². The summed E-state index contributed by atoms with van der Waals surface area (Å²) in [5.74, 6) is 8.08. The number of nitrogen functional groups attached to an aromatic ring is 1. The zero-order valence-corrected chi connectivity index (χ0v) is 19.8. The van der Waals surface area contributed by atoms with Crippen LogP contribution in [0.3, 0.4) is 0 Å². The molecule has 4 rings (SSSR count). The highest BCUT2D eigenvalue weighted by Crippen LogP contribution is 2.34. The van der Waals surface area contributed by atoms with Crippen LogP contribution in [0.5, 0.6) is 11.5 Å². The van der Waals surface area contributed by atoms with E-state index >= 15 is 0 Å². The molecule has 32 heavy (non-hydrogen) atoms. The number of amides is 1. The van der Waals surface area contributed by atoms with Crippen LogP contribution in [0.4, 0.5) is 0 Å². The maximum absolute atomic E-state index is 12.9. The fraction of sp³-hybridized carbons (Fsp3) is 0.286. The number of benzene rings is 2. The second-order valence-electron chi connectivity index (χ2n) is 7.13. The van der Waals surface area contributed by atoms with Crippen molar-refractivity contribution in [3.63, 3.8) is 0 Å². The molecule has 3 aromatic rings. The van der Waals surface area contributed by atoms with Crippen molar-refractivity contribution >= 4 is 40.9 Å². The van der Waals surface area contributed by atoms with Gasteiger partial charge >= 0.3 is 0 Å². The van der Waals surface area contributed by atoms with Gasteiger partial charge in [-0.2, -0.15) is 0 Å². The van der Waals surface area contributed by atoms with Gasteiger partial charge in [0.05, 0.1) is 25.0 Å². The van der Waals surface area contributed by atoms with Crippen LogP contribution in [0.1, 0.15) is 11.1 Å². The number of nitrogens with two attached hydrogens (primary N) is 1. The molecule has 1 amide bonds. The van der Waals surface area contributed by atoms with Gasteiger partial charge < -0.3 is 20.2 Å². The number of thioether (sulfide) groups is 1. The van der Waals surface area contributed by atoms with E-state index in [2.05, 4.69) is 10.2 Å². The normalized spacial score (nSPS) is 13.1. The van der Waals surface area contributed by atoms with E-state index in [0.717, 1.165) is 17.5 Å². The van der Waals surface area contributed by atoms with Crippen LogP contribution in [0.2, 0.25) is 10.0 Å². The standard InChI is InChI=1S/C21H21Cl2N5O3S/c1-30-17-7-12-5-6-27(10-13(12)8-18(17)31-2)19(29)11-32-21-26-25-20(28(21)24)15-4-3-14(22)9-16(15)23/h3-4,7-9H,5-6,10-11,24H2,1-2H3. The average Bonchev–Trinajstić information content (AvgIpc) is 3.16. The fourth-order valence-electron chi connectivity index (χ4n) is 3.54. The SMILES string of the molecule is COc1cc2c(cc1OC)CN(C(=O)CSc1nnc(-c3ccc(Cl)cc3Cl)n1N)CC2.